The number of rotatable bonds is 0. The Hall–Kier alpha value is -2.31. The molecule has 1 aromatic carbocycles. The molecule has 0 saturated heterocycles. The smallest absolute Gasteiger partial charge is 0.312 e. The zero-order chi connectivity index (χ0) is 13.7. The normalized spacial score (nSPS) is 9.56. The highest BCUT2D eigenvalue weighted by Crippen LogP contribution is 2.05. The molecule has 4 nitrogen and oxygen atoms in total. The third kappa shape index (κ3) is 4.28. The van der Waals surface area contributed by atoms with Crippen molar-refractivity contribution in [2.75, 3.05) is 0 Å². The van der Waals surface area contributed by atoms with Crippen molar-refractivity contribution in [3.8, 4) is 0 Å². The Morgan fingerprint density at radius 2 is 1.61 bits per heavy atom. The van der Waals surface area contributed by atoms with Crippen LogP contribution in [0.3, 0.4) is 0 Å². The molecule has 0 radical (unpaired) electrons. The van der Waals surface area contributed by atoms with Crippen LogP contribution in [0.15, 0.2) is 33.9 Å². The summed E-state index contributed by atoms with van der Waals surface area (Å²) in [4.78, 5) is 25.3. The van der Waals surface area contributed by atoms with E-state index < -0.39 is 23.1 Å². The SMILES string of the molecule is Cc1cc(=O)[nH]c(=O)[nH]1.Fc1ccc(F)c(F)c1. The van der Waals surface area contributed by atoms with Gasteiger partial charge in [0.05, 0.1) is 0 Å². The highest BCUT2D eigenvalue weighted by Gasteiger charge is 1.99. The predicted octanol–water partition coefficient (Wildman–Crippen LogP) is 1.48. The van der Waals surface area contributed by atoms with Crippen molar-refractivity contribution in [2.45, 2.75) is 6.92 Å². The second kappa shape index (κ2) is 5.85. The number of aromatic amines is 2. The molecular formula is C11H9F3N2O2. The van der Waals surface area contributed by atoms with Gasteiger partial charge in [-0.2, -0.15) is 0 Å². The fourth-order valence-corrected chi connectivity index (χ4v) is 1.06. The monoisotopic (exact) mass is 258 g/mol. The van der Waals surface area contributed by atoms with Gasteiger partial charge in [-0.1, -0.05) is 0 Å². The third-order valence-electron chi connectivity index (χ3n) is 1.78. The van der Waals surface area contributed by atoms with Crippen LogP contribution in [0, 0.1) is 24.4 Å². The van der Waals surface area contributed by atoms with Crippen LogP contribution in [0.1, 0.15) is 5.69 Å². The summed E-state index contributed by atoms with van der Waals surface area (Å²) in [5.41, 5.74) is -0.250. The minimum Gasteiger partial charge on any atom is -0.312 e. The molecule has 0 spiro atoms. The Morgan fingerprint density at radius 1 is 0.944 bits per heavy atom. The molecule has 0 aliphatic heterocycles. The van der Waals surface area contributed by atoms with Gasteiger partial charge in [0.15, 0.2) is 11.6 Å². The van der Waals surface area contributed by atoms with Crippen LogP contribution in [0.5, 0.6) is 0 Å². The first-order valence-corrected chi connectivity index (χ1v) is 4.79. The lowest BCUT2D eigenvalue weighted by atomic mass is 10.3. The second-order valence-electron chi connectivity index (χ2n) is 3.33. The minimum atomic E-state index is -1.16. The molecule has 7 heteroatoms. The van der Waals surface area contributed by atoms with Gasteiger partial charge >= 0.3 is 5.69 Å². The maximum atomic E-state index is 12.0. The molecule has 0 bridgehead atoms. The number of nitrogens with one attached hydrogen (secondary N) is 2. The Balaban J connectivity index is 0.000000180. The Morgan fingerprint density at radius 3 is 2.06 bits per heavy atom. The van der Waals surface area contributed by atoms with E-state index in [9.17, 15) is 22.8 Å². The van der Waals surface area contributed by atoms with Gasteiger partial charge in [0.25, 0.3) is 5.56 Å². The fraction of sp³-hybridized carbons (Fsp3) is 0.0909. The Kier molecular flexibility index (Phi) is 4.47. The summed E-state index contributed by atoms with van der Waals surface area (Å²) in [5.74, 6) is -2.96. The van der Waals surface area contributed by atoms with Gasteiger partial charge in [0, 0.05) is 17.8 Å². The van der Waals surface area contributed by atoms with E-state index in [0.29, 0.717) is 11.8 Å². The lowest BCUT2D eigenvalue weighted by molar-refractivity contribution is 0.495. The molecule has 2 rings (SSSR count). The van der Waals surface area contributed by atoms with E-state index in [1.54, 1.807) is 6.92 Å². The van der Waals surface area contributed by atoms with Crippen LogP contribution in [0.2, 0.25) is 0 Å². The average molecular weight is 258 g/mol. The topological polar surface area (TPSA) is 65.7 Å². The van der Waals surface area contributed by atoms with Crippen LogP contribution in [-0.4, -0.2) is 9.97 Å². The highest BCUT2D eigenvalue weighted by molar-refractivity contribution is 5.07. The number of H-pyrrole nitrogens is 2. The molecule has 18 heavy (non-hydrogen) atoms. The van der Waals surface area contributed by atoms with Gasteiger partial charge in [0.1, 0.15) is 5.82 Å². The molecule has 1 heterocycles. The van der Waals surface area contributed by atoms with Gasteiger partial charge < -0.3 is 4.98 Å². The van der Waals surface area contributed by atoms with Crippen LogP contribution in [0.25, 0.3) is 0 Å². The Labute approximate surface area is 99.1 Å². The van der Waals surface area contributed by atoms with E-state index in [1.807, 2.05) is 4.98 Å². The summed E-state index contributed by atoms with van der Waals surface area (Å²) in [7, 11) is 0. The lowest BCUT2D eigenvalue weighted by Crippen LogP contribution is -2.21. The second-order valence-corrected chi connectivity index (χ2v) is 3.33. The first-order valence-electron chi connectivity index (χ1n) is 4.79. The van der Waals surface area contributed by atoms with Crippen molar-refractivity contribution in [1.82, 2.24) is 9.97 Å². The molecule has 0 amide bonds. The van der Waals surface area contributed by atoms with E-state index >= 15 is 0 Å². The summed E-state index contributed by atoms with van der Waals surface area (Å²) in [6, 6.07) is 3.42. The molecule has 0 atom stereocenters. The molecule has 2 N–H and O–H groups in total. The number of hydrogen-bond donors (Lipinski definition) is 2. The number of aromatic nitrogens is 2. The van der Waals surface area contributed by atoms with Gasteiger partial charge in [-0.05, 0) is 19.1 Å². The van der Waals surface area contributed by atoms with E-state index in [1.165, 1.54) is 6.07 Å². The summed E-state index contributed by atoms with van der Waals surface area (Å²) in [6.45, 7) is 1.65. The first kappa shape index (κ1) is 13.8. The zero-order valence-electron chi connectivity index (χ0n) is 9.26. The lowest BCUT2D eigenvalue weighted by Gasteiger charge is -1.88. The van der Waals surface area contributed by atoms with Crippen molar-refractivity contribution >= 4 is 0 Å². The van der Waals surface area contributed by atoms with E-state index in [2.05, 4.69) is 4.98 Å². The van der Waals surface area contributed by atoms with Crippen molar-refractivity contribution in [2.24, 2.45) is 0 Å². The molecule has 0 aliphatic carbocycles. The predicted molar refractivity (Wildman–Crippen MR) is 58.7 cm³/mol. The average Bonchev–Trinajstić information content (AvgIpc) is 2.23. The van der Waals surface area contributed by atoms with E-state index in [0.717, 1.165) is 12.1 Å². The molecular weight excluding hydrogens is 249 g/mol. The zero-order valence-corrected chi connectivity index (χ0v) is 9.26. The van der Waals surface area contributed by atoms with Gasteiger partial charge in [-0.15, -0.1) is 0 Å². The van der Waals surface area contributed by atoms with Crippen molar-refractivity contribution in [1.29, 1.82) is 0 Å². The maximum absolute atomic E-state index is 12.0. The number of benzene rings is 1. The molecule has 0 unspecified atom stereocenters. The standard InChI is InChI=1S/C6H3F3.C5H6N2O2/c7-4-1-2-5(8)6(9)3-4;1-3-2-4(8)7-5(9)6-3/h1-3H;2H,1H3,(H2,6,7,8,9). The fourth-order valence-electron chi connectivity index (χ4n) is 1.06. The number of halogens is 3. The molecule has 96 valence electrons. The van der Waals surface area contributed by atoms with Crippen molar-refractivity contribution in [3.05, 3.63) is 68.2 Å². The van der Waals surface area contributed by atoms with Crippen LogP contribution in [0.4, 0.5) is 13.2 Å². The van der Waals surface area contributed by atoms with Gasteiger partial charge in [-0.3, -0.25) is 9.78 Å². The summed E-state index contributed by atoms with van der Waals surface area (Å²) < 4.78 is 35.9. The largest absolute Gasteiger partial charge is 0.325 e. The van der Waals surface area contributed by atoms with Crippen LogP contribution < -0.4 is 11.2 Å². The van der Waals surface area contributed by atoms with Gasteiger partial charge in [0.2, 0.25) is 0 Å². The van der Waals surface area contributed by atoms with E-state index in [4.69, 9.17) is 0 Å². The quantitative estimate of drug-likeness (QED) is 0.703. The van der Waals surface area contributed by atoms with Crippen LogP contribution in [-0.2, 0) is 0 Å². The van der Waals surface area contributed by atoms with E-state index in [-0.39, 0.29) is 5.56 Å². The van der Waals surface area contributed by atoms with Gasteiger partial charge in [-0.25, -0.2) is 18.0 Å². The van der Waals surface area contributed by atoms with Crippen molar-refractivity contribution < 1.29 is 13.2 Å². The molecule has 1 aromatic heterocycles. The molecule has 0 fully saturated rings. The number of hydrogen-bond acceptors (Lipinski definition) is 2. The third-order valence-corrected chi connectivity index (χ3v) is 1.78. The molecule has 0 aliphatic rings. The summed E-state index contributed by atoms with van der Waals surface area (Å²) in [6.07, 6.45) is 0. The minimum absolute atomic E-state index is 0.365. The van der Waals surface area contributed by atoms with Crippen molar-refractivity contribution in [3.63, 3.8) is 0 Å². The van der Waals surface area contributed by atoms with Crippen LogP contribution >= 0.6 is 0 Å². The highest BCUT2D eigenvalue weighted by atomic mass is 19.2. The number of aryl methyl sites for hydroxylation is 1. The first-order chi connectivity index (χ1) is 8.38. The Bertz CT molecular complexity index is 621. The summed E-state index contributed by atoms with van der Waals surface area (Å²) >= 11 is 0. The molecule has 0 saturated carbocycles. The summed E-state index contributed by atoms with van der Waals surface area (Å²) in [5, 5.41) is 0. The maximum Gasteiger partial charge on any atom is 0.325 e. The molecule has 2 aromatic rings.